The molecule has 0 saturated carbocycles. The third kappa shape index (κ3) is 4.09. The molecule has 3 nitrogen and oxygen atoms in total. The van der Waals surface area contributed by atoms with Gasteiger partial charge in [0.1, 0.15) is 0 Å². The molecule has 1 aliphatic rings. The maximum Gasteiger partial charge on any atom is 0.0617 e. The molecule has 0 aromatic rings. The van der Waals surface area contributed by atoms with Crippen LogP contribution in [0.5, 0.6) is 0 Å². The zero-order valence-corrected chi connectivity index (χ0v) is 10.5. The molecule has 3 heteroatoms. The quantitative estimate of drug-likeness (QED) is 0.750. The van der Waals surface area contributed by atoms with Crippen molar-refractivity contribution in [2.24, 2.45) is 0 Å². The Morgan fingerprint density at radius 3 is 2.80 bits per heavy atom. The number of nitrogens with one attached hydrogen (secondary N) is 1. The van der Waals surface area contributed by atoms with E-state index in [1.807, 2.05) is 0 Å². The van der Waals surface area contributed by atoms with Gasteiger partial charge < -0.3 is 10.1 Å². The molecule has 1 fully saturated rings. The lowest BCUT2D eigenvalue weighted by atomic mass is 10.1. The van der Waals surface area contributed by atoms with E-state index >= 15 is 0 Å². The summed E-state index contributed by atoms with van der Waals surface area (Å²) in [6, 6.07) is 1.32. The van der Waals surface area contributed by atoms with Crippen LogP contribution in [0.4, 0.5) is 0 Å². The molecule has 0 aromatic heterocycles. The van der Waals surface area contributed by atoms with E-state index < -0.39 is 0 Å². The summed E-state index contributed by atoms with van der Waals surface area (Å²) < 4.78 is 5.28. The maximum atomic E-state index is 5.28. The zero-order chi connectivity index (χ0) is 11.1. The minimum Gasteiger partial charge on any atom is -0.383 e. The molecule has 0 aromatic carbocycles. The number of hydrogen-bond donors (Lipinski definition) is 1. The van der Waals surface area contributed by atoms with Gasteiger partial charge in [0.2, 0.25) is 0 Å². The third-order valence-corrected chi connectivity index (χ3v) is 3.44. The van der Waals surface area contributed by atoms with Gasteiger partial charge in [-0.25, -0.2) is 0 Å². The summed E-state index contributed by atoms with van der Waals surface area (Å²) in [5.41, 5.74) is 0. The van der Waals surface area contributed by atoms with Gasteiger partial charge in [0.15, 0.2) is 0 Å². The molecule has 1 saturated heterocycles. The van der Waals surface area contributed by atoms with Crippen LogP contribution in [0.2, 0.25) is 0 Å². The lowest BCUT2D eigenvalue weighted by Gasteiger charge is -2.28. The standard InChI is InChI=1S/C12H26N2O/c1-4-11-6-8-14(9-7-13-11)12(5-2)10-15-3/h11-13H,4-10H2,1-3H3. The largest absolute Gasteiger partial charge is 0.383 e. The Morgan fingerprint density at radius 1 is 1.40 bits per heavy atom. The van der Waals surface area contributed by atoms with E-state index in [1.54, 1.807) is 7.11 Å². The Kier molecular flexibility index (Phi) is 6.22. The number of methoxy groups -OCH3 is 1. The highest BCUT2D eigenvalue weighted by atomic mass is 16.5. The van der Waals surface area contributed by atoms with Gasteiger partial charge in [-0.3, -0.25) is 4.90 Å². The molecule has 0 bridgehead atoms. The molecule has 15 heavy (non-hydrogen) atoms. The highest BCUT2D eigenvalue weighted by Gasteiger charge is 2.20. The Balaban J connectivity index is 2.40. The molecule has 1 heterocycles. The molecule has 0 aliphatic carbocycles. The fourth-order valence-electron chi connectivity index (χ4n) is 2.34. The van der Waals surface area contributed by atoms with Crippen LogP contribution in [0.3, 0.4) is 0 Å². The average Bonchev–Trinajstić information content (AvgIpc) is 2.51. The number of ether oxygens (including phenoxy) is 1. The van der Waals surface area contributed by atoms with E-state index in [0.717, 1.165) is 19.2 Å². The molecule has 1 N–H and O–H groups in total. The highest BCUT2D eigenvalue weighted by molar-refractivity contribution is 4.78. The van der Waals surface area contributed by atoms with E-state index in [9.17, 15) is 0 Å². The van der Waals surface area contributed by atoms with Gasteiger partial charge in [-0.2, -0.15) is 0 Å². The summed E-state index contributed by atoms with van der Waals surface area (Å²) in [6.07, 6.45) is 3.70. The van der Waals surface area contributed by atoms with E-state index in [2.05, 4.69) is 24.1 Å². The zero-order valence-electron chi connectivity index (χ0n) is 10.5. The predicted octanol–water partition coefficient (Wildman–Crippen LogP) is 1.49. The van der Waals surface area contributed by atoms with Crippen molar-refractivity contribution in [3.05, 3.63) is 0 Å². The van der Waals surface area contributed by atoms with E-state index in [-0.39, 0.29) is 0 Å². The topological polar surface area (TPSA) is 24.5 Å². The lowest BCUT2D eigenvalue weighted by Crippen LogP contribution is -2.40. The van der Waals surface area contributed by atoms with Gasteiger partial charge >= 0.3 is 0 Å². The van der Waals surface area contributed by atoms with Crippen molar-refractivity contribution in [3.63, 3.8) is 0 Å². The van der Waals surface area contributed by atoms with Gasteiger partial charge in [-0.1, -0.05) is 13.8 Å². The molecule has 1 aliphatic heterocycles. The minimum atomic E-state index is 0.604. The van der Waals surface area contributed by atoms with Crippen molar-refractivity contribution in [1.82, 2.24) is 10.2 Å². The summed E-state index contributed by atoms with van der Waals surface area (Å²) in [5, 5.41) is 3.60. The number of nitrogens with zero attached hydrogens (tertiary/aromatic N) is 1. The van der Waals surface area contributed by atoms with Crippen LogP contribution in [0, 0.1) is 0 Å². The summed E-state index contributed by atoms with van der Waals surface area (Å²) in [5.74, 6) is 0. The summed E-state index contributed by atoms with van der Waals surface area (Å²) in [4.78, 5) is 2.58. The van der Waals surface area contributed by atoms with Crippen LogP contribution in [0.1, 0.15) is 33.1 Å². The smallest absolute Gasteiger partial charge is 0.0617 e. The first kappa shape index (κ1) is 12.9. The molecule has 1 rings (SSSR count). The maximum absolute atomic E-state index is 5.28. The third-order valence-electron chi connectivity index (χ3n) is 3.44. The van der Waals surface area contributed by atoms with E-state index in [4.69, 9.17) is 4.74 Å². The van der Waals surface area contributed by atoms with Gasteiger partial charge in [-0.05, 0) is 19.3 Å². The molecule has 0 amide bonds. The Bertz CT molecular complexity index is 164. The fraction of sp³-hybridized carbons (Fsp3) is 1.00. The van der Waals surface area contributed by atoms with Crippen LogP contribution >= 0.6 is 0 Å². The van der Waals surface area contributed by atoms with Crippen molar-refractivity contribution < 1.29 is 4.74 Å². The highest BCUT2D eigenvalue weighted by Crippen LogP contribution is 2.10. The molecular weight excluding hydrogens is 188 g/mol. The first-order chi connectivity index (χ1) is 7.31. The number of hydrogen-bond acceptors (Lipinski definition) is 3. The van der Waals surface area contributed by atoms with Crippen molar-refractivity contribution in [2.75, 3.05) is 33.4 Å². The fourth-order valence-corrected chi connectivity index (χ4v) is 2.34. The van der Waals surface area contributed by atoms with E-state index in [0.29, 0.717) is 6.04 Å². The van der Waals surface area contributed by atoms with Crippen molar-refractivity contribution in [1.29, 1.82) is 0 Å². The Labute approximate surface area is 94.2 Å². The van der Waals surface area contributed by atoms with Crippen LogP contribution in [0.25, 0.3) is 0 Å². The van der Waals surface area contributed by atoms with Crippen molar-refractivity contribution >= 4 is 0 Å². The van der Waals surface area contributed by atoms with Gasteiger partial charge in [0.25, 0.3) is 0 Å². The van der Waals surface area contributed by atoms with E-state index in [1.165, 1.54) is 32.4 Å². The first-order valence-electron chi connectivity index (χ1n) is 6.28. The van der Waals surface area contributed by atoms with Crippen molar-refractivity contribution in [3.8, 4) is 0 Å². The molecule has 2 unspecified atom stereocenters. The predicted molar refractivity (Wildman–Crippen MR) is 64.2 cm³/mol. The Morgan fingerprint density at radius 2 is 2.20 bits per heavy atom. The Hall–Kier alpha value is -0.120. The molecule has 0 radical (unpaired) electrons. The normalized spacial score (nSPS) is 26.2. The van der Waals surface area contributed by atoms with Crippen LogP contribution in [-0.2, 0) is 4.74 Å². The number of rotatable bonds is 5. The summed E-state index contributed by atoms with van der Waals surface area (Å²) in [6.45, 7) is 8.89. The minimum absolute atomic E-state index is 0.604. The average molecular weight is 214 g/mol. The molecular formula is C12H26N2O. The van der Waals surface area contributed by atoms with Gasteiger partial charge in [0, 0.05) is 38.8 Å². The first-order valence-corrected chi connectivity index (χ1v) is 6.28. The summed E-state index contributed by atoms with van der Waals surface area (Å²) >= 11 is 0. The second kappa shape index (κ2) is 7.20. The summed E-state index contributed by atoms with van der Waals surface area (Å²) in [7, 11) is 1.80. The SMILES string of the molecule is CCC1CCN(C(CC)COC)CCN1. The molecule has 90 valence electrons. The monoisotopic (exact) mass is 214 g/mol. The lowest BCUT2D eigenvalue weighted by molar-refractivity contribution is 0.0912. The van der Waals surface area contributed by atoms with Crippen molar-refractivity contribution in [2.45, 2.75) is 45.2 Å². The second-order valence-corrected chi connectivity index (χ2v) is 4.40. The van der Waals surface area contributed by atoms with Gasteiger partial charge in [-0.15, -0.1) is 0 Å². The second-order valence-electron chi connectivity index (χ2n) is 4.40. The molecule has 0 spiro atoms. The van der Waals surface area contributed by atoms with Crippen LogP contribution in [0.15, 0.2) is 0 Å². The van der Waals surface area contributed by atoms with Crippen LogP contribution in [-0.4, -0.2) is 50.3 Å². The van der Waals surface area contributed by atoms with Gasteiger partial charge in [0.05, 0.1) is 6.61 Å². The van der Waals surface area contributed by atoms with Crippen LogP contribution < -0.4 is 5.32 Å². The molecule has 2 atom stereocenters.